The van der Waals surface area contributed by atoms with Gasteiger partial charge in [-0.15, -0.1) is 0 Å². The van der Waals surface area contributed by atoms with Crippen molar-refractivity contribution < 1.29 is 0 Å². The molecule has 0 atom stereocenters. The molecule has 2 N–H and O–H groups in total. The van der Waals surface area contributed by atoms with Gasteiger partial charge in [-0.05, 0) is 26.7 Å². The van der Waals surface area contributed by atoms with Gasteiger partial charge in [-0.2, -0.15) is 15.0 Å². The van der Waals surface area contributed by atoms with Crippen LogP contribution in [0.4, 0.5) is 11.9 Å². The topological polar surface area (TPSA) is 67.9 Å². The summed E-state index contributed by atoms with van der Waals surface area (Å²) in [6.07, 6.45) is 7.58. The maximum Gasteiger partial charge on any atom is 0.230 e. The van der Waals surface area contributed by atoms with Crippen LogP contribution in [-0.4, -0.2) is 28.0 Å². The summed E-state index contributed by atoms with van der Waals surface area (Å²) in [6.45, 7) is 6.00. The van der Waals surface area contributed by atoms with E-state index in [2.05, 4.69) is 33.7 Å². The monoisotopic (exact) mass is 263 g/mol. The number of anilines is 2. The summed E-state index contributed by atoms with van der Waals surface area (Å²) in [5, 5.41) is 0. The molecule has 1 aliphatic carbocycles. The summed E-state index contributed by atoms with van der Waals surface area (Å²) in [5.74, 6) is 2.45. The predicted molar refractivity (Wildman–Crippen MR) is 78.2 cm³/mol. The second kappa shape index (κ2) is 6.68. The highest BCUT2D eigenvalue weighted by molar-refractivity contribution is 5.34. The van der Waals surface area contributed by atoms with Crippen LogP contribution in [0.3, 0.4) is 0 Å². The predicted octanol–water partition coefficient (Wildman–Crippen LogP) is 2.74. The highest BCUT2D eigenvalue weighted by atomic mass is 15.3. The van der Waals surface area contributed by atoms with Crippen LogP contribution < -0.4 is 10.6 Å². The first-order valence-corrected chi connectivity index (χ1v) is 7.51. The van der Waals surface area contributed by atoms with Gasteiger partial charge in [0.2, 0.25) is 11.9 Å². The number of aromatic nitrogens is 3. The minimum atomic E-state index is 0.358. The maximum atomic E-state index is 5.86. The van der Waals surface area contributed by atoms with Gasteiger partial charge < -0.3 is 10.6 Å². The number of nitrogen functional groups attached to an aromatic ring is 1. The van der Waals surface area contributed by atoms with Crippen LogP contribution in [0, 0.1) is 0 Å². The molecule has 1 aromatic heterocycles. The van der Waals surface area contributed by atoms with E-state index < -0.39 is 0 Å². The van der Waals surface area contributed by atoms with E-state index in [1.165, 1.54) is 38.5 Å². The van der Waals surface area contributed by atoms with Crippen LogP contribution in [0.2, 0.25) is 0 Å². The third-order valence-electron chi connectivity index (χ3n) is 3.92. The van der Waals surface area contributed by atoms with Gasteiger partial charge in [0.25, 0.3) is 0 Å². The summed E-state index contributed by atoms with van der Waals surface area (Å²) in [7, 11) is 0. The minimum absolute atomic E-state index is 0.358. The normalized spacial score (nSPS) is 17.2. The Balaban J connectivity index is 2.24. The molecule has 5 nitrogen and oxygen atoms in total. The molecule has 1 heterocycles. The first-order valence-electron chi connectivity index (χ1n) is 7.51. The van der Waals surface area contributed by atoms with Crippen molar-refractivity contribution in [1.82, 2.24) is 15.0 Å². The van der Waals surface area contributed by atoms with Gasteiger partial charge in [-0.25, -0.2) is 0 Å². The fraction of sp³-hybridized carbons (Fsp3) is 0.786. The molecule has 0 aliphatic heterocycles. The van der Waals surface area contributed by atoms with Crippen molar-refractivity contribution in [2.45, 2.75) is 58.3 Å². The molecule has 5 heteroatoms. The quantitative estimate of drug-likeness (QED) is 0.846. The Labute approximate surface area is 115 Å². The summed E-state index contributed by atoms with van der Waals surface area (Å²) < 4.78 is 0. The highest BCUT2D eigenvalue weighted by Crippen LogP contribution is 2.30. The molecule has 0 unspecified atom stereocenters. The summed E-state index contributed by atoms with van der Waals surface area (Å²) in [6, 6.07) is 0. The summed E-state index contributed by atoms with van der Waals surface area (Å²) >= 11 is 0. The molecular formula is C14H25N5. The van der Waals surface area contributed by atoms with E-state index in [0.29, 0.717) is 11.9 Å². The van der Waals surface area contributed by atoms with Gasteiger partial charge in [0.05, 0.1) is 0 Å². The Morgan fingerprint density at radius 1 is 1.00 bits per heavy atom. The first-order chi connectivity index (χ1) is 9.24. The van der Waals surface area contributed by atoms with Crippen LogP contribution in [-0.2, 0) is 0 Å². The number of nitrogens with zero attached hydrogens (tertiary/aromatic N) is 4. The lowest BCUT2D eigenvalue weighted by atomic mass is 10.00. The van der Waals surface area contributed by atoms with Gasteiger partial charge in [-0.1, -0.05) is 25.7 Å². The Kier molecular flexibility index (Phi) is 4.93. The van der Waals surface area contributed by atoms with E-state index in [0.717, 1.165) is 24.9 Å². The molecule has 0 saturated heterocycles. The zero-order valence-corrected chi connectivity index (χ0v) is 12.1. The third kappa shape index (κ3) is 3.55. The van der Waals surface area contributed by atoms with Crippen molar-refractivity contribution in [3.63, 3.8) is 0 Å². The SMILES string of the molecule is CCN(CC)c1nc(N)nc(C2CCCCCC2)n1. The molecule has 0 bridgehead atoms. The van der Waals surface area contributed by atoms with Crippen molar-refractivity contribution in [2.24, 2.45) is 0 Å². The lowest BCUT2D eigenvalue weighted by molar-refractivity contribution is 0.557. The van der Waals surface area contributed by atoms with Gasteiger partial charge in [0.15, 0.2) is 0 Å². The Morgan fingerprint density at radius 3 is 2.21 bits per heavy atom. The third-order valence-corrected chi connectivity index (χ3v) is 3.92. The van der Waals surface area contributed by atoms with Crippen LogP contribution in [0.25, 0.3) is 0 Å². The van der Waals surface area contributed by atoms with Gasteiger partial charge in [0, 0.05) is 19.0 Å². The van der Waals surface area contributed by atoms with E-state index >= 15 is 0 Å². The van der Waals surface area contributed by atoms with Gasteiger partial charge in [0.1, 0.15) is 5.82 Å². The van der Waals surface area contributed by atoms with Gasteiger partial charge in [-0.3, -0.25) is 0 Å². The lowest BCUT2D eigenvalue weighted by Crippen LogP contribution is -2.25. The van der Waals surface area contributed by atoms with Crippen LogP contribution in [0.15, 0.2) is 0 Å². The number of hydrogen-bond donors (Lipinski definition) is 1. The molecular weight excluding hydrogens is 238 g/mol. The zero-order valence-electron chi connectivity index (χ0n) is 12.1. The molecule has 0 amide bonds. The largest absolute Gasteiger partial charge is 0.368 e. The highest BCUT2D eigenvalue weighted by Gasteiger charge is 2.19. The van der Waals surface area contributed by atoms with Crippen LogP contribution in [0.1, 0.15) is 64.1 Å². The molecule has 19 heavy (non-hydrogen) atoms. The van der Waals surface area contributed by atoms with Crippen molar-refractivity contribution >= 4 is 11.9 Å². The number of rotatable bonds is 4. The van der Waals surface area contributed by atoms with Crippen LogP contribution in [0.5, 0.6) is 0 Å². The molecule has 1 saturated carbocycles. The van der Waals surface area contributed by atoms with Crippen LogP contribution >= 0.6 is 0 Å². The van der Waals surface area contributed by atoms with Crippen molar-refractivity contribution in [2.75, 3.05) is 23.7 Å². The molecule has 2 rings (SSSR count). The standard InChI is InChI=1S/C14H25N5/c1-3-19(4-2)14-17-12(16-13(15)18-14)11-9-7-5-6-8-10-11/h11H,3-10H2,1-2H3,(H2,15,16,17,18). The van der Waals surface area contributed by atoms with Gasteiger partial charge >= 0.3 is 0 Å². The minimum Gasteiger partial charge on any atom is -0.368 e. The fourth-order valence-corrected chi connectivity index (χ4v) is 2.77. The van der Waals surface area contributed by atoms with E-state index in [9.17, 15) is 0 Å². The summed E-state index contributed by atoms with van der Waals surface area (Å²) in [5.41, 5.74) is 5.86. The van der Waals surface area contributed by atoms with Crippen molar-refractivity contribution in [3.05, 3.63) is 5.82 Å². The van der Waals surface area contributed by atoms with Crippen molar-refractivity contribution in [1.29, 1.82) is 0 Å². The zero-order chi connectivity index (χ0) is 13.7. The molecule has 0 aromatic carbocycles. The molecule has 106 valence electrons. The second-order valence-electron chi connectivity index (χ2n) is 5.21. The first kappa shape index (κ1) is 14.0. The van der Waals surface area contributed by atoms with E-state index in [4.69, 9.17) is 5.73 Å². The second-order valence-corrected chi connectivity index (χ2v) is 5.21. The van der Waals surface area contributed by atoms with Crippen molar-refractivity contribution in [3.8, 4) is 0 Å². The Morgan fingerprint density at radius 2 is 1.63 bits per heavy atom. The summed E-state index contributed by atoms with van der Waals surface area (Å²) in [4.78, 5) is 15.4. The maximum absolute atomic E-state index is 5.86. The molecule has 0 radical (unpaired) electrons. The number of hydrogen-bond acceptors (Lipinski definition) is 5. The van der Waals surface area contributed by atoms with E-state index in [-0.39, 0.29) is 0 Å². The molecule has 1 fully saturated rings. The lowest BCUT2D eigenvalue weighted by Gasteiger charge is -2.20. The number of nitrogens with two attached hydrogens (primary N) is 1. The fourth-order valence-electron chi connectivity index (χ4n) is 2.77. The average molecular weight is 263 g/mol. The molecule has 1 aromatic rings. The average Bonchev–Trinajstić information content (AvgIpc) is 2.68. The van der Waals surface area contributed by atoms with E-state index in [1.807, 2.05) is 0 Å². The molecule has 1 aliphatic rings. The molecule has 0 spiro atoms. The Bertz CT molecular complexity index is 395. The van der Waals surface area contributed by atoms with E-state index in [1.54, 1.807) is 0 Å². The smallest absolute Gasteiger partial charge is 0.230 e. The Hall–Kier alpha value is -1.39.